The Morgan fingerprint density at radius 3 is 2.22 bits per heavy atom. The molecule has 0 unspecified atom stereocenters. The third kappa shape index (κ3) is 3.09. The Hall–Kier alpha value is -2.11. The topological polar surface area (TPSA) is 0 Å². The largest absolute Gasteiger partial charge is 0.164 e. The number of fused-ring (bicyclic) bond motifs is 4. The van der Waals surface area contributed by atoms with E-state index in [0.29, 0.717) is 0 Å². The van der Waals surface area contributed by atoms with E-state index >= 15 is 0 Å². The fourth-order valence-electron chi connectivity index (χ4n) is 4.24. The van der Waals surface area contributed by atoms with E-state index in [1.54, 1.807) is 0 Å². The first-order valence-electron chi connectivity index (χ1n) is 9.44. The van der Waals surface area contributed by atoms with Gasteiger partial charge in [-0.15, -0.1) is 34.5 Å². The molecule has 0 saturated carbocycles. The molecule has 0 fully saturated rings. The van der Waals surface area contributed by atoms with E-state index in [9.17, 15) is 0 Å². The van der Waals surface area contributed by atoms with Crippen LogP contribution in [0, 0.1) is 0 Å². The minimum atomic E-state index is 0. The second-order valence-electron chi connectivity index (χ2n) is 7.11. The zero-order valence-corrected chi connectivity index (χ0v) is 18.0. The monoisotopic (exact) mass is 423 g/mol. The molecule has 27 heavy (non-hydrogen) atoms. The van der Waals surface area contributed by atoms with Crippen LogP contribution < -0.4 is 0 Å². The molecule has 0 aliphatic rings. The fraction of sp³-hybridized carbons (Fsp3) is 0.115. The van der Waals surface area contributed by atoms with Crippen molar-refractivity contribution in [1.82, 2.24) is 0 Å². The summed E-state index contributed by atoms with van der Waals surface area (Å²) >= 11 is 0. The summed E-state index contributed by atoms with van der Waals surface area (Å²) in [5, 5.41) is 8.02. The molecule has 0 nitrogen and oxygen atoms in total. The Balaban J connectivity index is 0.00000180. The summed E-state index contributed by atoms with van der Waals surface area (Å²) in [6.07, 6.45) is 2.33. The maximum atomic E-state index is 2.39. The van der Waals surface area contributed by atoms with Gasteiger partial charge in [-0.3, -0.25) is 0 Å². The van der Waals surface area contributed by atoms with Gasteiger partial charge in [0, 0.05) is 26.2 Å². The van der Waals surface area contributed by atoms with Crippen LogP contribution in [-0.2, 0) is 32.6 Å². The summed E-state index contributed by atoms with van der Waals surface area (Å²) in [7, 11) is 0. The van der Waals surface area contributed by atoms with Crippen molar-refractivity contribution in [3.8, 4) is 11.1 Å². The molecule has 130 valence electrons. The van der Waals surface area contributed by atoms with Gasteiger partial charge in [-0.05, 0) is 39.6 Å². The molecule has 0 aliphatic carbocycles. The zero-order chi connectivity index (χ0) is 17.5. The molecular weight excluding hydrogens is 404 g/mol. The van der Waals surface area contributed by atoms with Crippen molar-refractivity contribution in [3.05, 3.63) is 90.5 Å². The normalized spacial score (nSPS) is 11.1. The molecule has 0 atom stereocenters. The summed E-state index contributed by atoms with van der Waals surface area (Å²) in [5.41, 5.74) is 4.12. The van der Waals surface area contributed by atoms with Crippen molar-refractivity contribution in [1.29, 1.82) is 0 Å². The molecule has 0 N–H and O–H groups in total. The predicted molar refractivity (Wildman–Crippen MR) is 114 cm³/mol. The van der Waals surface area contributed by atoms with Crippen LogP contribution in [0.1, 0.15) is 18.9 Å². The van der Waals surface area contributed by atoms with Crippen LogP contribution in [0.4, 0.5) is 0 Å². The minimum Gasteiger partial charge on any atom is -0.164 e. The summed E-state index contributed by atoms with van der Waals surface area (Å²) in [6.45, 7) is 2.25. The molecule has 5 aromatic rings. The van der Waals surface area contributed by atoms with Crippen molar-refractivity contribution < 1.29 is 26.2 Å². The van der Waals surface area contributed by atoms with Crippen LogP contribution in [-0.4, -0.2) is 0 Å². The molecule has 1 heteroatoms. The first kappa shape index (κ1) is 18.3. The Bertz CT molecular complexity index is 1240. The smallest absolute Gasteiger partial charge is 0 e. The third-order valence-corrected chi connectivity index (χ3v) is 5.41. The van der Waals surface area contributed by atoms with Crippen LogP contribution in [0.5, 0.6) is 0 Å². The summed E-state index contributed by atoms with van der Waals surface area (Å²) in [6, 6.07) is 31.3. The van der Waals surface area contributed by atoms with Gasteiger partial charge in [-0.2, -0.15) is 6.07 Å². The van der Waals surface area contributed by atoms with Gasteiger partial charge in [-0.1, -0.05) is 73.5 Å². The van der Waals surface area contributed by atoms with Crippen LogP contribution in [0.25, 0.3) is 43.4 Å². The molecule has 0 radical (unpaired) electrons. The molecule has 5 aromatic carbocycles. The van der Waals surface area contributed by atoms with Gasteiger partial charge in [0.25, 0.3) is 0 Å². The Morgan fingerprint density at radius 1 is 0.667 bits per heavy atom. The van der Waals surface area contributed by atoms with Crippen molar-refractivity contribution in [3.63, 3.8) is 0 Å². The Labute approximate surface area is 179 Å². The van der Waals surface area contributed by atoms with Gasteiger partial charge >= 0.3 is 0 Å². The van der Waals surface area contributed by atoms with Crippen LogP contribution >= 0.6 is 0 Å². The number of hydrogen-bond acceptors (Lipinski definition) is 0. The third-order valence-electron chi connectivity index (χ3n) is 5.41. The standard InChI is InChI=1S/C26H21.Zr/c1-2-8-18-15-19-10-7-14-24(25(19)16-18)26-17-20-9-3-4-11-21(20)22-12-5-6-13-23(22)26;/h3-7,9-17H,2,8H2,1H3;/q-1;. The summed E-state index contributed by atoms with van der Waals surface area (Å²) < 4.78 is 0. The average molecular weight is 425 g/mol. The molecule has 5 rings (SSSR count). The number of aryl methyl sites for hydroxylation is 1. The maximum absolute atomic E-state index is 2.39. The molecule has 0 heterocycles. The van der Waals surface area contributed by atoms with E-state index in [1.807, 2.05) is 0 Å². The van der Waals surface area contributed by atoms with Crippen molar-refractivity contribution in [2.24, 2.45) is 0 Å². The van der Waals surface area contributed by atoms with E-state index in [-0.39, 0.29) is 26.2 Å². The van der Waals surface area contributed by atoms with Gasteiger partial charge in [0.05, 0.1) is 0 Å². The Kier molecular flexibility index (Phi) is 5.07. The van der Waals surface area contributed by atoms with E-state index < -0.39 is 0 Å². The molecule has 0 spiro atoms. The van der Waals surface area contributed by atoms with Crippen molar-refractivity contribution in [2.75, 3.05) is 0 Å². The quantitative estimate of drug-likeness (QED) is 0.208. The van der Waals surface area contributed by atoms with E-state index in [2.05, 4.69) is 91.9 Å². The molecule has 0 aliphatic heterocycles. The summed E-state index contributed by atoms with van der Waals surface area (Å²) in [4.78, 5) is 0. The van der Waals surface area contributed by atoms with Crippen molar-refractivity contribution in [2.45, 2.75) is 19.8 Å². The zero-order valence-electron chi connectivity index (χ0n) is 15.5. The van der Waals surface area contributed by atoms with Gasteiger partial charge in [-0.25, -0.2) is 0 Å². The first-order chi connectivity index (χ1) is 12.8. The van der Waals surface area contributed by atoms with E-state index in [0.717, 1.165) is 6.42 Å². The van der Waals surface area contributed by atoms with Crippen LogP contribution in [0.2, 0.25) is 0 Å². The second kappa shape index (κ2) is 7.49. The van der Waals surface area contributed by atoms with Crippen LogP contribution in [0.15, 0.2) is 84.9 Å². The molecular formula is C26H21Zr-. The number of hydrogen-bond donors (Lipinski definition) is 0. The number of benzene rings is 4. The number of rotatable bonds is 3. The SMILES string of the molecule is CCCc1cc2c(-c3cc4ccccc4c4ccccc34)cccc2[cH-]1.[Zr]. The maximum Gasteiger partial charge on any atom is 0 e. The average Bonchev–Trinajstić information content (AvgIpc) is 3.10. The van der Waals surface area contributed by atoms with Crippen LogP contribution in [0.3, 0.4) is 0 Å². The van der Waals surface area contributed by atoms with Gasteiger partial charge in [0.15, 0.2) is 0 Å². The summed E-state index contributed by atoms with van der Waals surface area (Å²) in [5.74, 6) is 0. The first-order valence-corrected chi connectivity index (χ1v) is 9.44. The van der Waals surface area contributed by atoms with E-state index in [4.69, 9.17) is 0 Å². The minimum absolute atomic E-state index is 0. The molecule has 0 saturated heterocycles. The van der Waals surface area contributed by atoms with E-state index in [1.165, 1.54) is 55.4 Å². The second-order valence-corrected chi connectivity index (χ2v) is 7.11. The molecule has 0 amide bonds. The fourth-order valence-corrected chi connectivity index (χ4v) is 4.24. The van der Waals surface area contributed by atoms with Gasteiger partial charge in [0.2, 0.25) is 0 Å². The van der Waals surface area contributed by atoms with Gasteiger partial charge in [0.1, 0.15) is 0 Å². The molecule has 0 aromatic heterocycles. The Morgan fingerprint density at radius 2 is 1.41 bits per heavy atom. The van der Waals surface area contributed by atoms with Gasteiger partial charge < -0.3 is 0 Å². The van der Waals surface area contributed by atoms with Crippen molar-refractivity contribution >= 4 is 32.3 Å². The predicted octanol–water partition coefficient (Wildman–Crippen LogP) is 7.48. The molecule has 0 bridgehead atoms.